The van der Waals surface area contributed by atoms with Gasteiger partial charge in [0.15, 0.2) is 5.82 Å². The van der Waals surface area contributed by atoms with Crippen LogP contribution in [0.4, 0.5) is 0 Å². The fourth-order valence-electron chi connectivity index (χ4n) is 3.28. The maximum absolute atomic E-state index is 5.73. The van der Waals surface area contributed by atoms with Crippen LogP contribution in [0, 0.1) is 11.8 Å². The predicted octanol–water partition coefficient (Wildman–Crippen LogP) is 3.67. The van der Waals surface area contributed by atoms with Gasteiger partial charge >= 0.3 is 0 Å². The molecule has 1 atom stereocenters. The largest absolute Gasteiger partial charge is 0.339 e. The molecule has 20 heavy (non-hydrogen) atoms. The van der Waals surface area contributed by atoms with Crippen LogP contribution >= 0.6 is 0 Å². The number of nitrogens with two attached hydrogens (primary N) is 1. The first kappa shape index (κ1) is 15.5. The summed E-state index contributed by atoms with van der Waals surface area (Å²) < 4.78 is 5.41. The van der Waals surface area contributed by atoms with Crippen LogP contribution in [0.5, 0.6) is 0 Å². The van der Waals surface area contributed by atoms with Crippen LogP contribution in [-0.4, -0.2) is 16.7 Å². The Morgan fingerprint density at radius 2 is 2.00 bits per heavy atom. The maximum Gasteiger partial charge on any atom is 0.226 e. The standard InChI is InChI=1S/C16H29N3O/c1-3-5-13-6-8-14(9-7-13)16-18-15(20-19-16)10-12(4-2)11-17/h12-14H,3-11,17H2,1-2H3. The summed E-state index contributed by atoms with van der Waals surface area (Å²) in [5, 5.41) is 4.21. The van der Waals surface area contributed by atoms with Crippen LogP contribution in [0.2, 0.25) is 0 Å². The maximum atomic E-state index is 5.73. The molecule has 0 aliphatic heterocycles. The van der Waals surface area contributed by atoms with Crippen LogP contribution in [0.25, 0.3) is 0 Å². The third-order valence-electron chi connectivity index (χ3n) is 4.77. The SMILES string of the molecule is CCCC1CCC(c2noc(CC(CC)CN)n2)CC1. The van der Waals surface area contributed by atoms with Gasteiger partial charge in [0.1, 0.15) is 0 Å². The zero-order valence-corrected chi connectivity index (χ0v) is 13.0. The summed E-state index contributed by atoms with van der Waals surface area (Å²) >= 11 is 0. The third kappa shape index (κ3) is 4.05. The minimum absolute atomic E-state index is 0.462. The molecule has 0 spiro atoms. The van der Waals surface area contributed by atoms with Gasteiger partial charge in [-0.25, -0.2) is 0 Å². The molecule has 4 heteroatoms. The number of aromatic nitrogens is 2. The van der Waals surface area contributed by atoms with Gasteiger partial charge < -0.3 is 10.3 Å². The van der Waals surface area contributed by atoms with Crippen molar-refractivity contribution in [3.8, 4) is 0 Å². The van der Waals surface area contributed by atoms with Gasteiger partial charge in [-0.1, -0.05) is 38.3 Å². The van der Waals surface area contributed by atoms with Crippen LogP contribution in [0.3, 0.4) is 0 Å². The van der Waals surface area contributed by atoms with Crippen molar-refractivity contribution >= 4 is 0 Å². The second-order valence-corrected chi connectivity index (χ2v) is 6.27. The van der Waals surface area contributed by atoms with E-state index in [4.69, 9.17) is 10.3 Å². The van der Waals surface area contributed by atoms with Crippen molar-refractivity contribution in [2.24, 2.45) is 17.6 Å². The Kier molecular flexibility index (Phi) is 6.02. The molecule has 0 aromatic carbocycles. The van der Waals surface area contributed by atoms with Gasteiger partial charge in [-0.05, 0) is 44.1 Å². The molecule has 2 N–H and O–H groups in total. The van der Waals surface area contributed by atoms with Gasteiger partial charge in [-0.15, -0.1) is 0 Å². The van der Waals surface area contributed by atoms with E-state index in [0.717, 1.165) is 30.5 Å². The molecule has 4 nitrogen and oxygen atoms in total. The van der Waals surface area contributed by atoms with E-state index in [1.165, 1.54) is 38.5 Å². The van der Waals surface area contributed by atoms with E-state index in [-0.39, 0.29) is 0 Å². The molecule has 0 radical (unpaired) electrons. The highest BCUT2D eigenvalue weighted by atomic mass is 16.5. The average Bonchev–Trinajstić information content (AvgIpc) is 2.94. The Balaban J connectivity index is 1.86. The van der Waals surface area contributed by atoms with Gasteiger partial charge in [0.05, 0.1) is 0 Å². The highest BCUT2D eigenvalue weighted by Gasteiger charge is 2.25. The lowest BCUT2D eigenvalue weighted by Crippen LogP contribution is -2.16. The summed E-state index contributed by atoms with van der Waals surface area (Å²) in [5.74, 6) is 3.60. The van der Waals surface area contributed by atoms with Crippen molar-refractivity contribution in [3.05, 3.63) is 11.7 Å². The van der Waals surface area contributed by atoms with E-state index < -0.39 is 0 Å². The molecule has 1 aromatic rings. The number of rotatable bonds is 7. The molecular weight excluding hydrogens is 250 g/mol. The van der Waals surface area contributed by atoms with E-state index in [9.17, 15) is 0 Å². The predicted molar refractivity (Wildman–Crippen MR) is 80.4 cm³/mol. The van der Waals surface area contributed by atoms with E-state index >= 15 is 0 Å². The lowest BCUT2D eigenvalue weighted by Gasteiger charge is -2.26. The Labute approximate surface area is 122 Å². The Morgan fingerprint density at radius 3 is 2.60 bits per heavy atom. The summed E-state index contributed by atoms with van der Waals surface area (Å²) in [7, 11) is 0. The summed E-state index contributed by atoms with van der Waals surface area (Å²) in [6.07, 6.45) is 9.65. The summed E-state index contributed by atoms with van der Waals surface area (Å²) in [6, 6.07) is 0. The monoisotopic (exact) mass is 279 g/mol. The summed E-state index contributed by atoms with van der Waals surface area (Å²) in [5.41, 5.74) is 5.73. The van der Waals surface area contributed by atoms with Crippen molar-refractivity contribution in [2.45, 2.75) is 71.1 Å². The first-order valence-electron chi connectivity index (χ1n) is 8.29. The van der Waals surface area contributed by atoms with Crippen molar-refractivity contribution in [1.82, 2.24) is 10.1 Å². The molecule has 1 heterocycles. The second kappa shape index (κ2) is 7.77. The van der Waals surface area contributed by atoms with Gasteiger partial charge in [0.25, 0.3) is 0 Å². The Morgan fingerprint density at radius 1 is 1.25 bits per heavy atom. The highest BCUT2D eigenvalue weighted by Crippen LogP contribution is 2.36. The molecule has 2 rings (SSSR count). The quantitative estimate of drug-likeness (QED) is 0.827. The van der Waals surface area contributed by atoms with Gasteiger partial charge in [-0.2, -0.15) is 4.98 Å². The van der Waals surface area contributed by atoms with Crippen molar-refractivity contribution in [3.63, 3.8) is 0 Å². The molecule has 114 valence electrons. The van der Waals surface area contributed by atoms with Crippen LogP contribution in [0.15, 0.2) is 4.52 Å². The fourth-order valence-corrected chi connectivity index (χ4v) is 3.28. The van der Waals surface area contributed by atoms with E-state index in [1.54, 1.807) is 0 Å². The van der Waals surface area contributed by atoms with Crippen molar-refractivity contribution in [1.29, 1.82) is 0 Å². The second-order valence-electron chi connectivity index (χ2n) is 6.27. The van der Waals surface area contributed by atoms with Crippen LogP contribution in [-0.2, 0) is 6.42 Å². The summed E-state index contributed by atoms with van der Waals surface area (Å²) in [4.78, 5) is 4.61. The number of hydrogen-bond acceptors (Lipinski definition) is 4. The number of nitrogens with zero attached hydrogens (tertiary/aromatic N) is 2. The number of hydrogen-bond donors (Lipinski definition) is 1. The van der Waals surface area contributed by atoms with Gasteiger partial charge in [0, 0.05) is 12.3 Å². The topological polar surface area (TPSA) is 64.9 Å². The van der Waals surface area contributed by atoms with E-state index in [0.29, 0.717) is 18.4 Å². The molecule has 1 aliphatic rings. The van der Waals surface area contributed by atoms with Gasteiger partial charge in [0.2, 0.25) is 5.89 Å². The molecule has 0 bridgehead atoms. The zero-order valence-electron chi connectivity index (χ0n) is 13.0. The minimum Gasteiger partial charge on any atom is -0.339 e. The van der Waals surface area contributed by atoms with Crippen LogP contribution < -0.4 is 5.73 Å². The lowest BCUT2D eigenvalue weighted by atomic mass is 9.80. The molecule has 1 aromatic heterocycles. The molecule has 1 aliphatic carbocycles. The highest BCUT2D eigenvalue weighted by molar-refractivity contribution is 4.98. The van der Waals surface area contributed by atoms with Crippen LogP contribution in [0.1, 0.15) is 76.4 Å². The molecular formula is C16H29N3O. The summed E-state index contributed by atoms with van der Waals surface area (Å²) in [6.45, 7) is 5.12. The van der Waals surface area contributed by atoms with E-state index in [2.05, 4.69) is 24.0 Å². The third-order valence-corrected chi connectivity index (χ3v) is 4.77. The first-order chi connectivity index (χ1) is 9.76. The molecule has 1 unspecified atom stereocenters. The molecule has 1 fully saturated rings. The van der Waals surface area contributed by atoms with Crippen molar-refractivity contribution in [2.75, 3.05) is 6.54 Å². The molecule has 0 amide bonds. The normalized spacial score (nSPS) is 24.8. The van der Waals surface area contributed by atoms with E-state index in [1.807, 2.05) is 0 Å². The minimum atomic E-state index is 0.462. The first-order valence-corrected chi connectivity index (χ1v) is 8.29. The Bertz CT molecular complexity index is 379. The lowest BCUT2D eigenvalue weighted by molar-refractivity contribution is 0.293. The van der Waals surface area contributed by atoms with Crippen molar-refractivity contribution < 1.29 is 4.52 Å². The molecule has 0 saturated heterocycles. The Hall–Kier alpha value is -0.900. The smallest absolute Gasteiger partial charge is 0.226 e. The average molecular weight is 279 g/mol. The van der Waals surface area contributed by atoms with Gasteiger partial charge in [-0.3, -0.25) is 0 Å². The zero-order chi connectivity index (χ0) is 14.4. The fraction of sp³-hybridized carbons (Fsp3) is 0.875. The molecule has 1 saturated carbocycles.